The van der Waals surface area contributed by atoms with Gasteiger partial charge in [-0.3, -0.25) is 14.6 Å². The average molecular weight is 508 g/mol. The van der Waals surface area contributed by atoms with Crippen LogP contribution in [0.3, 0.4) is 0 Å². The number of aliphatic imine (C=N–C) groups is 1. The largest absolute Gasteiger partial charge is 0.327 e. The average Bonchev–Trinajstić information content (AvgIpc) is 3.55. The van der Waals surface area contributed by atoms with Gasteiger partial charge >= 0.3 is 0 Å². The van der Waals surface area contributed by atoms with Crippen LogP contribution in [0.25, 0.3) is 16.6 Å². The van der Waals surface area contributed by atoms with Gasteiger partial charge in [-0.15, -0.1) is 0 Å². The second-order valence-corrected chi connectivity index (χ2v) is 9.01. The third-order valence-electron chi connectivity index (χ3n) is 6.31. The zero-order valence-electron chi connectivity index (χ0n) is 20.0. The summed E-state index contributed by atoms with van der Waals surface area (Å²) in [6.07, 6.45) is 7.26. The highest BCUT2D eigenvalue weighted by atomic mass is 35.5. The number of carbonyl (C=O) groups is 2. The fraction of sp³-hybridized carbons (Fsp3) is 0.103. The van der Waals surface area contributed by atoms with E-state index >= 15 is 0 Å². The maximum Gasteiger partial charge on any atom is 0.248 e. The molecule has 0 radical (unpaired) electrons. The molecule has 0 aliphatic carbocycles. The van der Waals surface area contributed by atoms with Crippen LogP contribution in [0.2, 0.25) is 5.02 Å². The lowest BCUT2D eigenvalue weighted by Crippen LogP contribution is -2.11. The molecule has 5 rings (SSSR count). The first-order valence-electron chi connectivity index (χ1n) is 11.6. The number of nitrogens with zero attached hydrogens (tertiary/aromatic N) is 3. The topological polar surface area (TPSA) is 113 Å². The molecule has 0 bridgehead atoms. The van der Waals surface area contributed by atoms with E-state index < -0.39 is 5.91 Å². The second-order valence-electron chi connectivity index (χ2n) is 8.63. The zero-order valence-corrected chi connectivity index (χ0v) is 20.7. The van der Waals surface area contributed by atoms with Crippen molar-refractivity contribution in [1.82, 2.24) is 4.40 Å². The van der Waals surface area contributed by atoms with Crippen molar-refractivity contribution >= 4 is 46.4 Å². The van der Waals surface area contributed by atoms with Crippen LogP contribution in [-0.2, 0) is 11.2 Å². The molecule has 2 aromatic heterocycles. The molecule has 0 fully saturated rings. The lowest BCUT2D eigenvalue weighted by molar-refractivity contribution is -0.111. The minimum atomic E-state index is -0.405. The smallest absolute Gasteiger partial charge is 0.248 e. The number of hydrogen-bond donors (Lipinski definition) is 2. The predicted octanol–water partition coefficient (Wildman–Crippen LogP) is 5.38. The van der Waals surface area contributed by atoms with E-state index in [1.54, 1.807) is 18.2 Å². The summed E-state index contributed by atoms with van der Waals surface area (Å²) in [5, 5.41) is 12.9. The maximum absolute atomic E-state index is 13.5. The van der Waals surface area contributed by atoms with E-state index in [9.17, 15) is 14.9 Å². The number of fused-ring (bicyclic) bond motifs is 2. The zero-order chi connectivity index (χ0) is 26.1. The van der Waals surface area contributed by atoms with Gasteiger partial charge in [-0.25, -0.2) is 0 Å². The number of nitriles is 1. The SMILES string of the molecule is Cc1cc2c(c(Cl)c1-c1cccn3c(C(=O)c4ccc(NC(=O)/C=C/CN)c(C#N)c4)ccc13)N=CC2. The number of amides is 1. The summed E-state index contributed by atoms with van der Waals surface area (Å²) >= 11 is 6.81. The minimum Gasteiger partial charge on any atom is -0.327 e. The van der Waals surface area contributed by atoms with Crippen LogP contribution in [0.4, 0.5) is 11.4 Å². The molecule has 0 atom stereocenters. The van der Waals surface area contributed by atoms with Crippen molar-refractivity contribution in [3.05, 3.63) is 99.9 Å². The van der Waals surface area contributed by atoms with Crippen LogP contribution in [0.15, 0.2) is 71.9 Å². The van der Waals surface area contributed by atoms with E-state index in [1.807, 2.05) is 48.0 Å². The molecule has 1 amide bonds. The van der Waals surface area contributed by atoms with E-state index in [2.05, 4.69) is 16.4 Å². The Hall–Kier alpha value is -4.51. The molecule has 3 heterocycles. The number of pyridine rings is 1. The number of rotatable bonds is 6. The molecule has 0 unspecified atom stereocenters. The Morgan fingerprint density at radius 3 is 2.86 bits per heavy atom. The number of carbonyl (C=O) groups excluding carboxylic acids is 2. The molecule has 1 aliphatic rings. The van der Waals surface area contributed by atoms with Gasteiger partial charge in [0.25, 0.3) is 0 Å². The molecule has 0 spiro atoms. The number of nitrogens with two attached hydrogens (primary N) is 1. The molecule has 37 heavy (non-hydrogen) atoms. The first kappa shape index (κ1) is 24.2. The molecule has 0 saturated heterocycles. The van der Waals surface area contributed by atoms with Crippen LogP contribution in [0, 0.1) is 18.3 Å². The van der Waals surface area contributed by atoms with Crippen molar-refractivity contribution in [2.24, 2.45) is 10.7 Å². The number of ketones is 1. The van der Waals surface area contributed by atoms with Crippen molar-refractivity contribution in [3.63, 3.8) is 0 Å². The summed E-state index contributed by atoms with van der Waals surface area (Å²) in [6, 6.07) is 16.3. The summed E-state index contributed by atoms with van der Waals surface area (Å²) in [5.41, 5.74) is 12.2. The third kappa shape index (κ3) is 4.33. The van der Waals surface area contributed by atoms with E-state index in [-0.39, 0.29) is 17.9 Å². The normalized spacial score (nSPS) is 12.2. The van der Waals surface area contributed by atoms with Crippen molar-refractivity contribution in [2.45, 2.75) is 13.3 Å². The molecular formula is C29H22ClN5O2. The summed E-state index contributed by atoms with van der Waals surface area (Å²) in [6.45, 7) is 2.25. The molecular weight excluding hydrogens is 486 g/mol. The summed E-state index contributed by atoms with van der Waals surface area (Å²) in [5.74, 6) is -0.659. The molecule has 3 N–H and O–H groups in total. The van der Waals surface area contributed by atoms with Crippen LogP contribution < -0.4 is 11.1 Å². The van der Waals surface area contributed by atoms with Crippen molar-refractivity contribution in [3.8, 4) is 17.2 Å². The van der Waals surface area contributed by atoms with Crippen molar-refractivity contribution in [2.75, 3.05) is 11.9 Å². The van der Waals surface area contributed by atoms with Gasteiger partial charge in [0.15, 0.2) is 0 Å². The van der Waals surface area contributed by atoms with E-state index in [1.165, 1.54) is 18.2 Å². The monoisotopic (exact) mass is 507 g/mol. The fourth-order valence-corrected chi connectivity index (χ4v) is 5.04. The lowest BCUT2D eigenvalue weighted by atomic mass is 9.96. The lowest BCUT2D eigenvalue weighted by Gasteiger charge is -2.14. The highest BCUT2D eigenvalue weighted by Gasteiger charge is 2.22. The standard InChI is InChI=1S/C29H22ClN5O2/c1-17-14-18-10-12-33-28(18)27(30)26(17)21-4-3-13-35-23(21)8-9-24(35)29(37)19-6-7-22(20(15-19)16-32)34-25(36)5-2-11-31/h2-9,12-15H,10-11,31H2,1H3,(H,34,36)/b5-2+. The molecule has 8 heteroatoms. The van der Waals surface area contributed by atoms with Gasteiger partial charge in [-0.2, -0.15) is 5.26 Å². The number of halogens is 1. The van der Waals surface area contributed by atoms with Crippen LogP contribution >= 0.6 is 11.6 Å². The Balaban J connectivity index is 1.53. The number of nitrogens with one attached hydrogen (secondary N) is 1. The van der Waals surface area contributed by atoms with Crippen LogP contribution in [0.5, 0.6) is 0 Å². The van der Waals surface area contributed by atoms with Gasteiger partial charge in [0.1, 0.15) is 6.07 Å². The predicted molar refractivity (Wildman–Crippen MR) is 146 cm³/mol. The Kier molecular flexibility index (Phi) is 6.45. The first-order chi connectivity index (χ1) is 17.9. The first-order valence-corrected chi connectivity index (χ1v) is 12.0. The Morgan fingerprint density at radius 2 is 2.08 bits per heavy atom. The maximum atomic E-state index is 13.5. The van der Waals surface area contributed by atoms with E-state index in [4.69, 9.17) is 17.3 Å². The number of aromatic nitrogens is 1. The quantitative estimate of drug-likeness (QED) is 0.269. The van der Waals surface area contributed by atoms with Crippen molar-refractivity contribution in [1.29, 1.82) is 5.26 Å². The van der Waals surface area contributed by atoms with Gasteiger partial charge in [0.05, 0.1) is 33.2 Å². The van der Waals surface area contributed by atoms with Crippen molar-refractivity contribution < 1.29 is 9.59 Å². The van der Waals surface area contributed by atoms with Gasteiger partial charge in [-0.1, -0.05) is 29.8 Å². The summed E-state index contributed by atoms with van der Waals surface area (Å²) in [7, 11) is 0. The van der Waals surface area contributed by atoms with E-state index in [0.717, 1.165) is 39.9 Å². The fourth-order valence-electron chi connectivity index (χ4n) is 4.62. The third-order valence-corrected chi connectivity index (χ3v) is 6.68. The van der Waals surface area contributed by atoms with Gasteiger partial charge in [-0.05, 0) is 54.4 Å². The van der Waals surface area contributed by atoms with Crippen LogP contribution in [-0.4, -0.2) is 28.9 Å². The summed E-state index contributed by atoms with van der Waals surface area (Å²) < 4.78 is 1.82. The highest BCUT2D eigenvalue weighted by molar-refractivity contribution is 6.36. The van der Waals surface area contributed by atoms with Gasteiger partial charge in [0.2, 0.25) is 11.7 Å². The Morgan fingerprint density at radius 1 is 1.24 bits per heavy atom. The molecule has 182 valence electrons. The number of anilines is 1. The number of benzene rings is 2. The molecule has 4 aromatic rings. The number of aryl methyl sites for hydroxylation is 1. The Bertz CT molecular complexity index is 1690. The second kappa shape index (κ2) is 9.86. The van der Waals surface area contributed by atoms with Gasteiger partial charge < -0.3 is 15.5 Å². The van der Waals surface area contributed by atoms with E-state index in [0.29, 0.717) is 22.0 Å². The Labute approximate surface area is 218 Å². The molecule has 0 saturated carbocycles. The van der Waals surface area contributed by atoms with Crippen LogP contribution in [0.1, 0.15) is 32.7 Å². The summed E-state index contributed by atoms with van der Waals surface area (Å²) in [4.78, 5) is 30.0. The molecule has 7 nitrogen and oxygen atoms in total. The highest BCUT2D eigenvalue weighted by Crippen LogP contribution is 2.43. The van der Waals surface area contributed by atoms with Gasteiger partial charge in [0, 0.05) is 48.1 Å². The minimum absolute atomic E-state index is 0.183. The molecule has 2 aromatic carbocycles. The number of hydrogen-bond acceptors (Lipinski definition) is 5. The molecule has 1 aliphatic heterocycles.